The molecule has 6 heteroatoms. The van der Waals surface area contributed by atoms with E-state index in [4.69, 9.17) is 14.6 Å². The van der Waals surface area contributed by atoms with Crippen LogP contribution in [0.15, 0.2) is 12.0 Å². The van der Waals surface area contributed by atoms with E-state index in [1.807, 2.05) is 0 Å². The van der Waals surface area contributed by atoms with E-state index in [9.17, 15) is 9.59 Å². The van der Waals surface area contributed by atoms with Gasteiger partial charge in [0.05, 0.1) is 6.42 Å². The first-order valence-corrected chi connectivity index (χ1v) is 5.53. The van der Waals surface area contributed by atoms with Crippen LogP contribution in [0.5, 0.6) is 0 Å². The number of carboxylic acids is 1. The Morgan fingerprint density at radius 2 is 2.24 bits per heavy atom. The predicted octanol–water partition coefficient (Wildman–Crippen LogP) is 0.586. The van der Waals surface area contributed by atoms with Gasteiger partial charge in [-0.05, 0) is 13.8 Å². The van der Waals surface area contributed by atoms with Crippen LogP contribution in [-0.4, -0.2) is 47.7 Å². The van der Waals surface area contributed by atoms with Crippen LogP contribution in [0.3, 0.4) is 0 Å². The summed E-state index contributed by atoms with van der Waals surface area (Å²) in [4.78, 5) is 24.1. The molecule has 1 aliphatic rings. The predicted molar refractivity (Wildman–Crippen MR) is 59.1 cm³/mol. The summed E-state index contributed by atoms with van der Waals surface area (Å²) in [5.74, 6) is -1.13. The molecule has 1 heterocycles. The highest BCUT2D eigenvalue weighted by atomic mass is 16.6. The lowest BCUT2D eigenvalue weighted by molar-refractivity contribution is -0.140. The molecule has 1 unspecified atom stereocenters. The van der Waals surface area contributed by atoms with Crippen LogP contribution < -0.4 is 0 Å². The highest BCUT2D eigenvalue weighted by Gasteiger charge is 2.26. The molecule has 1 rings (SSSR count). The molecule has 1 atom stereocenters. The van der Waals surface area contributed by atoms with Crippen molar-refractivity contribution in [2.24, 2.45) is 0 Å². The van der Waals surface area contributed by atoms with Crippen LogP contribution in [0.1, 0.15) is 20.3 Å². The minimum Gasteiger partial charge on any atom is -0.494 e. The Labute approximate surface area is 99.8 Å². The van der Waals surface area contributed by atoms with E-state index < -0.39 is 5.97 Å². The number of carbonyl (C=O) groups is 2. The van der Waals surface area contributed by atoms with E-state index in [-0.39, 0.29) is 24.1 Å². The zero-order chi connectivity index (χ0) is 12.8. The second kappa shape index (κ2) is 6.12. The third-order valence-electron chi connectivity index (χ3n) is 2.46. The SMILES string of the molecule is CCN(C(=O)C1=COCCO1)C(C)CC(=O)O. The van der Waals surface area contributed by atoms with Crippen molar-refractivity contribution in [2.75, 3.05) is 19.8 Å². The first-order valence-electron chi connectivity index (χ1n) is 5.53. The van der Waals surface area contributed by atoms with Gasteiger partial charge in [-0.25, -0.2) is 0 Å². The maximum Gasteiger partial charge on any atom is 0.305 e. The average Bonchev–Trinajstić information content (AvgIpc) is 2.30. The van der Waals surface area contributed by atoms with E-state index in [1.165, 1.54) is 11.2 Å². The topological polar surface area (TPSA) is 76.1 Å². The van der Waals surface area contributed by atoms with Gasteiger partial charge < -0.3 is 19.5 Å². The third-order valence-corrected chi connectivity index (χ3v) is 2.46. The van der Waals surface area contributed by atoms with Crippen LogP contribution in [-0.2, 0) is 19.1 Å². The fourth-order valence-electron chi connectivity index (χ4n) is 1.64. The highest BCUT2D eigenvalue weighted by Crippen LogP contribution is 2.12. The number of ether oxygens (including phenoxy) is 2. The maximum absolute atomic E-state index is 12.0. The summed E-state index contributed by atoms with van der Waals surface area (Å²) in [6.07, 6.45) is 1.19. The molecule has 1 aliphatic heterocycles. The van der Waals surface area contributed by atoms with Crippen molar-refractivity contribution < 1.29 is 24.2 Å². The molecule has 0 aromatic heterocycles. The lowest BCUT2D eigenvalue weighted by Crippen LogP contribution is -2.41. The van der Waals surface area contributed by atoms with Crippen LogP contribution in [0.2, 0.25) is 0 Å². The van der Waals surface area contributed by atoms with Crippen molar-refractivity contribution in [1.82, 2.24) is 4.90 Å². The number of likely N-dealkylation sites (N-methyl/N-ethyl adjacent to an activating group) is 1. The molecule has 1 N–H and O–H groups in total. The minimum atomic E-state index is -0.932. The Balaban J connectivity index is 2.68. The number of carbonyl (C=O) groups excluding carboxylic acids is 1. The fraction of sp³-hybridized carbons (Fsp3) is 0.636. The van der Waals surface area contributed by atoms with Gasteiger partial charge >= 0.3 is 5.97 Å². The molecule has 0 aliphatic carbocycles. The normalized spacial score (nSPS) is 16.2. The number of amides is 1. The van der Waals surface area contributed by atoms with Crippen LogP contribution in [0.4, 0.5) is 0 Å². The maximum atomic E-state index is 12.0. The Hall–Kier alpha value is -1.72. The molecule has 17 heavy (non-hydrogen) atoms. The Morgan fingerprint density at radius 1 is 1.53 bits per heavy atom. The minimum absolute atomic E-state index is 0.0896. The second-order valence-electron chi connectivity index (χ2n) is 3.74. The lowest BCUT2D eigenvalue weighted by atomic mass is 10.2. The van der Waals surface area contributed by atoms with Gasteiger partial charge in [0.25, 0.3) is 5.91 Å². The van der Waals surface area contributed by atoms with E-state index >= 15 is 0 Å². The largest absolute Gasteiger partial charge is 0.494 e. The van der Waals surface area contributed by atoms with Crippen molar-refractivity contribution in [2.45, 2.75) is 26.3 Å². The zero-order valence-electron chi connectivity index (χ0n) is 10.0. The molecule has 0 saturated carbocycles. The summed E-state index contributed by atoms with van der Waals surface area (Å²) in [5, 5.41) is 8.71. The quantitative estimate of drug-likeness (QED) is 0.764. The third kappa shape index (κ3) is 3.65. The second-order valence-corrected chi connectivity index (χ2v) is 3.74. The summed E-state index contributed by atoms with van der Waals surface area (Å²) in [6, 6.07) is -0.378. The van der Waals surface area contributed by atoms with Crippen LogP contribution in [0, 0.1) is 0 Å². The lowest BCUT2D eigenvalue weighted by Gasteiger charge is -2.28. The van der Waals surface area contributed by atoms with Crippen LogP contribution >= 0.6 is 0 Å². The monoisotopic (exact) mass is 243 g/mol. The Morgan fingerprint density at radius 3 is 2.71 bits per heavy atom. The van der Waals surface area contributed by atoms with Crippen molar-refractivity contribution >= 4 is 11.9 Å². The van der Waals surface area contributed by atoms with Gasteiger partial charge in [-0.1, -0.05) is 0 Å². The highest BCUT2D eigenvalue weighted by molar-refractivity contribution is 5.91. The number of carboxylic acid groups (broad SMARTS) is 1. The summed E-state index contributed by atoms with van der Waals surface area (Å²) >= 11 is 0. The molecular weight excluding hydrogens is 226 g/mol. The van der Waals surface area contributed by atoms with Gasteiger partial charge in [-0.15, -0.1) is 0 Å². The van der Waals surface area contributed by atoms with Gasteiger partial charge in [0.2, 0.25) is 5.76 Å². The Kier molecular flexibility index (Phi) is 4.81. The number of hydrogen-bond donors (Lipinski definition) is 1. The number of nitrogens with zero attached hydrogens (tertiary/aromatic N) is 1. The molecule has 0 aromatic carbocycles. The molecule has 96 valence electrons. The molecule has 0 saturated heterocycles. The molecule has 0 radical (unpaired) electrons. The summed E-state index contributed by atoms with van der Waals surface area (Å²) in [5.41, 5.74) is 0. The standard InChI is InChI=1S/C11H17NO5/c1-3-12(8(2)6-10(13)14)11(15)9-7-16-4-5-17-9/h7-8H,3-6H2,1-2H3,(H,13,14). The van der Waals surface area contributed by atoms with Gasteiger partial charge in [0, 0.05) is 12.6 Å². The van der Waals surface area contributed by atoms with E-state index in [2.05, 4.69) is 0 Å². The van der Waals surface area contributed by atoms with Gasteiger partial charge in [-0.2, -0.15) is 0 Å². The van der Waals surface area contributed by atoms with Crippen molar-refractivity contribution in [3.8, 4) is 0 Å². The molecule has 1 amide bonds. The van der Waals surface area contributed by atoms with Gasteiger partial charge in [-0.3, -0.25) is 9.59 Å². The van der Waals surface area contributed by atoms with Gasteiger partial charge in [0.1, 0.15) is 19.5 Å². The first kappa shape index (κ1) is 13.3. The van der Waals surface area contributed by atoms with E-state index in [0.29, 0.717) is 19.8 Å². The van der Waals surface area contributed by atoms with Crippen molar-refractivity contribution in [3.63, 3.8) is 0 Å². The summed E-state index contributed by atoms with van der Waals surface area (Å²) in [7, 11) is 0. The van der Waals surface area contributed by atoms with Crippen LogP contribution in [0.25, 0.3) is 0 Å². The van der Waals surface area contributed by atoms with Crippen molar-refractivity contribution in [1.29, 1.82) is 0 Å². The summed E-state index contributed by atoms with van der Waals surface area (Å²) < 4.78 is 10.2. The zero-order valence-corrected chi connectivity index (χ0v) is 10.0. The van der Waals surface area contributed by atoms with E-state index in [0.717, 1.165) is 0 Å². The number of rotatable bonds is 5. The van der Waals surface area contributed by atoms with Gasteiger partial charge in [0.15, 0.2) is 0 Å². The molecule has 0 spiro atoms. The molecule has 6 nitrogen and oxygen atoms in total. The number of hydrogen-bond acceptors (Lipinski definition) is 4. The molecule has 0 fully saturated rings. The van der Waals surface area contributed by atoms with E-state index in [1.54, 1.807) is 13.8 Å². The smallest absolute Gasteiger partial charge is 0.305 e. The Bertz CT molecular complexity index is 326. The summed E-state index contributed by atoms with van der Waals surface area (Å²) in [6.45, 7) is 4.67. The van der Waals surface area contributed by atoms with Crippen molar-refractivity contribution in [3.05, 3.63) is 12.0 Å². The average molecular weight is 243 g/mol. The molecule has 0 bridgehead atoms. The molecular formula is C11H17NO5. The first-order chi connectivity index (χ1) is 8.06. The number of aliphatic carboxylic acids is 1. The molecule has 0 aromatic rings. The fourth-order valence-corrected chi connectivity index (χ4v) is 1.64.